The number of hydroxylamine groups is 1. The molecule has 136 valence electrons. The first-order valence-electron chi connectivity index (χ1n) is 8.06. The van der Waals surface area contributed by atoms with E-state index >= 15 is 0 Å². The predicted molar refractivity (Wildman–Crippen MR) is 100 cm³/mol. The molecule has 8 nitrogen and oxygen atoms in total. The minimum absolute atomic E-state index is 0.125. The molecule has 1 aliphatic rings. The van der Waals surface area contributed by atoms with Gasteiger partial charge in [0.1, 0.15) is 0 Å². The molecule has 1 heterocycles. The van der Waals surface area contributed by atoms with Crippen molar-refractivity contribution in [1.29, 1.82) is 0 Å². The number of nitrogens with zero attached hydrogens (tertiary/aromatic N) is 2. The summed E-state index contributed by atoms with van der Waals surface area (Å²) in [4.78, 5) is 35.3. The van der Waals surface area contributed by atoms with Crippen LogP contribution in [-0.4, -0.2) is 29.1 Å². The number of carbonyl (C=O) groups excluding carboxylic acids is 3. The highest BCUT2D eigenvalue weighted by atomic mass is 16.5. The Balaban J connectivity index is 1.74. The van der Waals surface area contributed by atoms with Gasteiger partial charge < -0.3 is 5.32 Å². The Morgan fingerprint density at radius 3 is 2.52 bits per heavy atom. The molecule has 0 fully saturated rings. The fourth-order valence-electron chi connectivity index (χ4n) is 2.47. The van der Waals surface area contributed by atoms with Crippen molar-refractivity contribution in [3.05, 3.63) is 65.7 Å². The van der Waals surface area contributed by atoms with Gasteiger partial charge in [0, 0.05) is 23.5 Å². The minimum atomic E-state index is -0.675. The van der Waals surface area contributed by atoms with Gasteiger partial charge in [0.15, 0.2) is 0 Å². The Morgan fingerprint density at radius 1 is 1.11 bits per heavy atom. The van der Waals surface area contributed by atoms with Gasteiger partial charge in [-0.1, -0.05) is 18.2 Å². The number of hydrogen-bond donors (Lipinski definition) is 3. The largest absolute Gasteiger partial charge is 0.321 e. The predicted octanol–water partition coefficient (Wildman–Crippen LogP) is 2.18. The van der Waals surface area contributed by atoms with Crippen molar-refractivity contribution in [2.75, 3.05) is 10.3 Å². The van der Waals surface area contributed by atoms with Crippen LogP contribution < -0.4 is 15.8 Å². The molecule has 0 atom stereocenters. The van der Waals surface area contributed by atoms with Gasteiger partial charge in [0.05, 0.1) is 12.1 Å². The number of anilines is 2. The van der Waals surface area contributed by atoms with Crippen LogP contribution in [0.2, 0.25) is 0 Å². The molecule has 8 heteroatoms. The van der Waals surface area contributed by atoms with Crippen molar-refractivity contribution in [1.82, 2.24) is 5.48 Å². The van der Waals surface area contributed by atoms with E-state index in [2.05, 4.69) is 10.4 Å². The number of rotatable bonds is 5. The summed E-state index contributed by atoms with van der Waals surface area (Å²) in [5, 5.41) is 16.6. The van der Waals surface area contributed by atoms with Crippen molar-refractivity contribution in [3.8, 4) is 0 Å². The molecule has 0 bridgehead atoms. The first-order valence-corrected chi connectivity index (χ1v) is 8.06. The zero-order valence-corrected chi connectivity index (χ0v) is 14.1. The van der Waals surface area contributed by atoms with E-state index in [1.165, 1.54) is 22.8 Å². The maximum absolute atomic E-state index is 12.5. The van der Waals surface area contributed by atoms with E-state index in [-0.39, 0.29) is 18.2 Å². The van der Waals surface area contributed by atoms with Crippen LogP contribution in [0.5, 0.6) is 0 Å². The zero-order chi connectivity index (χ0) is 19.2. The zero-order valence-electron chi connectivity index (χ0n) is 14.1. The van der Waals surface area contributed by atoms with Crippen LogP contribution in [0, 0.1) is 0 Å². The van der Waals surface area contributed by atoms with E-state index in [9.17, 15) is 14.4 Å². The first-order chi connectivity index (χ1) is 13.1. The Bertz CT molecular complexity index is 935. The fourth-order valence-corrected chi connectivity index (χ4v) is 2.47. The molecule has 3 rings (SSSR count). The lowest BCUT2D eigenvalue weighted by molar-refractivity contribution is -0.124. The molecule has 2 aromatic rings. The van der Waals surface area contributed by atoms with Crippen LogP contribution in [0.4, 0.5) is 11.4 Å². The highest BCUT2D eigenvalue weighted by Gasteiger charge is 2.18. The van der Waals surface area contributed by atoms with Crippen molar-refractivity contribution >= 4 is 41.4 Å². The van der Waals surface area contributed by atoms with Gasteiger partial charge in [0.2, 0.25) is 0 Å². The van der Waals surface area contributed by atoms with Gasteiger partial charge in [-0.05, 0) is 42.0 Å². The molecule has 0 radical (unpaired) electrons. The number of para-hydroxylation sites is 1. The van der Waals surface area contributed by atoms with E-state index in [4.69, 9.17) is 5.21 Å². The van der Waals surface area contributed by atoms with Crippen molar-refractivity contribution in [2.45, 2.75) is 6.42 Å². The fraction of sp³-hybridized carbons (Fsp3) is 0.0526. The molecule has 3 N–H and O–H groups in total. The SMILES string of the molecule is O=C(C=Cc1ccccc1NC(=O)c1ccc(N2N=CCC2=O)cc1)NO. The van der Waals surface area contributed by atoms with E-state index in [0.717, 1.165) is 6.08 Å². The summed E-state index contributed by atoms with van der Waals surface area (Å²) in [6.45, 7) is 0. The number of hydrogen-bond acceptors (Lipinski definition) is 5. The lowest BCUT2D eigenvalue weighted by Gasteiger charge is -2.13. The van der Waals surface area contributed by atoms with Crippen LogP contribution in [0.15, 0.2) is 59.7 Å². The monoisotopic (exact) mass is 364 g/mol. The normalized spacial score (nSPS) is 13.2. The van der Waals surface area contributed by atoms with Crippen LogP contribution in [0.3, 0.4) is 0 Å². The molecule has 0 saturated carbocycles. The maximum atomic E-state index is 12.5. The van der Waals surface area contributed by atoms with E-state index in [1.807, 2.05) is 0 Å². The molecule has 1 aliphatic heterocycles. The van der Waals surface area contributed by atoms with Gasteiger partial charge in [-0.15, -0.1) is 0 Å². The third-order valence-corrected chi connectivity index (χ3v) is 3.81. The second-order valence-corrected chi connectivity index (χ2v) is 5.61. The van der Waals surface area contributed by atoms with Crippen molar-refractivity contribution < 1.29 is 19.6 Å². The molecule has 0 saturated heterocycles. The molecule has 0 unspecified atom stereocenters. The number of nitrogens with one attached hydrogen (secondary N) is 2. The summed E-state index contributed by atoms with van der Waals surface area (Å²) in [7, 11) is 0. The molecule has 0 aliphatic carbocycles. The quantitative estimate of drug-likeness (QED) is 0.429. The summed E-state index contributed by atoms with van der Waals surface area (Å²) >= 11 is 0. The number of benzene rings is 2. The standard InChI is InChI=1S/C19H16N4O4/c24-17(22-27)10-7-13-3-1-2-4-16(13)21-19(26)14-5-8-15(9-6-14)23-18(25)11-12-20-23/h1-10,12,27H,11H2,(H,21,26)(H,22,24). The summed E-state index contributed by atoms with van der Waals surface area (Å²) in [6.07, 6.45) is 4.42. The number of amides is 3. The molecule has 0 aromatic heterocycles. The van der Waals surface area contributed by atoms with E-state index in [1.54, 1.807) is 48.5 Å². The van der Waals surface area contributed by atoms with Gasteiger partial charge >= 0.3 is 0 Å². The Labute approximate surface area is 154 Å². The minimum Gasteiger partial charge on any atom is -0.321 e. The second-order valence-electron chi connectivity index (χ2n) is 5.61. The van der Waals surface area contributed by atoms with Crippen molar-refractivity contribution in [2.24, 2.45) is 5.10 Å². The average Bonchev–Trinajstić information content (AvgIpc) is 3.13. The summed E-state index contributed by atoms with van der Waals surface area (Å²) < 4.78 is 0. The number of hydrazone groups is 1. The van der Waals surface area contributed by atoms with E-state index < -0.39 is 5.91 Å². The number of carbonyl (C=O) groups is 3. The average molecular weight is 364 g/mol. The van der Waals surface area contributed by atoms with Crippen LogP contribution in [-0.2, 0) is 9.59 Å². The first kappa shape index (κ1) is 18.0. The molecular formula is C19H16N4O4. The smallest absolute Gasteiger partial charge is 0.267 e. The van der Waals surface area contributed by atoms with Gasteiger partial charge in [-0.25, -0.2) is 10.5 Å². The topological polar surface area (TPSA) is 111 Å². The molecule has 2 aromatic carbocycles. The molecular weight excluding hydrogens is 348 g/mol. The second kappa shape index (κ2) is 8.07. The Hall–Kier alpha value is -3.78. The Kier molecular flexibility index (Phi) is 5.38. The van der Waals surface area contributed by atoms with Crippen LogP contribution in [0.25, 0.3) is 6.08 Å². The third kappa shape index (κ3) is 4.25. The third-order valence-electron chi connectivity index (χ3n) is 3.81. The van der Waals surface area contributed by atoms with Gasteiger partial charge in [-0.3, -0.25) is 19.6 Å². The molecule has 0 spiro atoms. The van der Waals surface area contributed by atoms with Crippen LogP contribution >= 0.6 is 0 Å². The van der Waals surface area contributed by atoms with Crippen molar-refractivity contribution in [3.63, 3.8) is 0 Å². The lowest BCUT2D eigenvalue weighted by atomic mass is 10.1. The highest BCUT2D eigenvalue weighted by molar-refractivity contribution is 6.07. The summed E-state index contributed by atoms with van der Waals surface area (Å²) in [5.74, 6) is -1.14. The summed E-state index contributed by atoms with van der Waals surface area (Å²) in [6, 6.07) is 13.4. The lowest BCUT2D eigenvalue weighted by Crippen LogP contribution is -2.19. The van der Waals surface area contributed by atoms with Crippen LogP contribution in [0.1, 0.15) is 22.3 Å². The summed E-state index contributed by atoms with van der Waals surface area (Å²) in [5.41, 5.74) is 3.60. The maximum Gasteiger partial charge on any atom is 0.267 e. The van der Waals surface area contributed by atoms with Gasteiger partial charge in [-0.2, -0.15) is 5.10 Å². The molecule has 27 heavy (non-hydrogen) atoms. The van der Waals surface area contributed by atoms with Gasteiger partial charge in [0.25, 0.3) is 17.7 Å². The Morgan fingerprint density at radius 2 is 1.85 bits per heavy atom. The highest BCUT2D eigenvalue weighted by Crippen LogP contribution is 2.21. The van der Waals surface area contributed by atoms with E-state index in [0.29, 0.717) is 22.5 Å². The molecule has 3 amide bonds.